The highest BCUT2D eigenvalue weighted by molar-refractivity contribution is 7.80. The molecule has 0 spiro atoms. The van der Waals surface area contributed by atoms with E-state index in [0.717, 1.165) is 28.0 Å². The number of ether oxygens (including phenoxy) is 5. The number of hydroxylamine groups is 2. The number of thiazole rings is 1. The van der Waals surface area contributed by atoms with Crippen LogP contribution in [0.4, 0.5) is 19.5 Å². The Morgan fingerprint density at radius 2 is 1.53 bits per heavy atom. The van der Waals surface area contributed by atoms with Crippen molar-refractivity contribution in [2.75, 3.05) is 25.0 Å². The third-order valence-electron chi connectivity index (χ3n) is 12.0. The molecule has 0 saturated carbocycles. The smallest absolute Gasteiger partial charge is 0.413 e. The van der Waals surface area contributed by atoms with Crippen LogP contribution in [0.5, 0.6) is 5.75 Å². The zero-order valence-corrected chi connectivity index (χ0v) is 48.5. The van der Waals surface area contributed by atoms with Gasteiger partial charge in [0.05, 0.1) is 29.8 Å². The highest BCUT2D eigenvalue weighted by Crippen LogP contribution is 2.38. The number of nitrogens with zero attached hydrogens (tertiary/aromatic N) is 6. The first kappa shape index (κ1) is 60.6. The number of nitrogens with one attached hydrogen (secondary N) is 3. The van der Waals surface area contributed by atoms with Crippen molar-refractivity contribution >= 4 is 68.6 Å². The Hall–Kier alpha value is -6.58. The predicted octanol–water partition coefficient (Wildman–Crippen LogP) is 5.74. The van der Waals surface area contributed by atoms with E-state index in [1.807, 2.05) is 45.3 Å². The van der Waals surface area contributed by atoms with Gasteiger partial charge in [0.25, 0.3) is 17.4 Å². The lowest BCUT2D eigenvalue weighted by Gasteiger charge is -2.51. The number of likely N-dealkylation sites (tertiary alicyclic amines) is 1. The van der Waals surface area contributed by atoms with Gasteiger partial charge in [0, 0.05) is 25.0 Å². The molecular formula is C51H73N9O16S2. The lowest BCUT2D eigenvalue weighted by atomic mass is 9.84. The van der Waals surface area contributed by atoms with E-state index in [1.165, 1.54) is 26.2 Å². The maximum Gasteiger partial charge on any atom is 0.413 e. The summed E-state index contributed by atoms with van der Waals surface area (Å²) in [5, 5.41) is 13.6. The summed E-state index contributed by atoms with van der Waals surface area (Å²) in [4.78, 5) is 91.6. The van der Waals surface area contributed by atoms with Crippen LogP contribution in [0.25, 0.3) is 11.1 Å². The first-order chi connectivity index (χ1) is 35.8. The zero-order valence-electron chi connectivity index (χ0n) is 46.9. The van der Waals surface area contributed by atoms with Crippen LogP contribution in [0.15, 0.2) is 41.1 Å². The number of carbonyl (C=O) groups excluding carboxylic acids is 6. The van der Waals surface area contributed by atoms with Gasteiger partial charge >= 0.3 is 24.2 Å². The number of rotatable bonds is 17. The molecule has 430 valence electrons. The van der Waals surface area contributed by atoms with Crippen LogP contribution in [0.3, 0.4) is 0 Å². The second-order valence-corrected chi connectivity index (χ2v) is 25.8. The summed E-state index contributed by atoms with van der Waals surface area (Å²) in [7, 11) is -5.37. The van der Waals surface area contributed by atoms with Gasteiger partial charge in [0.15, 0.2) is 23.5 Å². The predicted molar refractivity (Wildman–Crippen MR) is 280 cm³/mol. The molecular weight excluding hydrogens is 1060 g/mol. The lowest BCUT2D eigenvalue weighted by molar-refractivity contribution is -0.781. The fourth-order valence-corrected chi connectivity index (χ4v) is 9.46. The monoisotopic (exact) mass is 1130 g/mol. The molecule has 3 aliphatic rings. The summed E-state index contributed by atoms with van der Waals surface area (Å²) < 4.78 is 71.4. The number of esters is 1. The summed E-state index contributed by atoms with van der Waals surface area (Å²) in [6.07, 6.45) is 2.43. The van der Waals surface area contributed by atoms with E-state index in [9.17, 15) is 41.7 Å². The van der Waals surface area contributed by atoms with Gasteiger partial charge in [-0.05, 0) is 146 Å². The second-order valence-electron chi connectivity index (χ2n) is 24.0. The highest BCUT2D eigenvalue weighted by atomic mass is 32.3. The Kier molecular flexibility index (Phi) is 17.6. The molecule has 3 aromatic rings. The summed E-state index contributed by atoms with van der Waals surface area (Å²) in [6.45, 7) is 27.5. The first-order valence-corrected chi connectivity index (χ1v) is 27.6. The van der Waals surface area contributed by atoms with Crippen molar-refractivity contribution in [3.05, 3.63) is 47.2 Å². The summed E-state index contributed by atoms with van der Waals surface area (Å²) >= 11 is 0.889. The topological polar surface area (TPSA) is 301 Å². The molecule has 78 heavy (non-hydrogen) atoms. The van der Waals surface area contributed by atoms with Crippen molar-refractivity contribution in [2.24, 2.45) is 11.1 Å². The number of anilines is 1. The fraction of sp³-hybridized carbons (Fsp3) is 0.627. The lowest BCUT2D eigenvalue weighted by Crippen LogP contribution is -2.76. The van der Waals surface area contributed by atoms with Crippen LogP contribution >= 0.6 is 11.3 Å². The average molecular weight is 1130 g/mol. The van der Waals surface area contributed by atoms with E-state index in [0.29, 0.717) is 56.4 Å². The summed E-state index contributed by atoms with van der Waals surface area (Å²) in [5.74, 6) is -2.46. The molecule has 5 amide bonds. The van der Waals surface area contributed by atoms with Crippen molar-refractivity contribution in [1.29, 1.82) is 0 Å². The Morgan fingerprint density at radius 3 is 2.13 bits per heavy atom. The summed E-state index contributed by atoms with van der Waals surface area (Å²) in [5.41, 5.74) is -4.97. The number of β-lactam (4-membered cyclic amide) rings is 1. The number of hydrogen-bond donors (Lipinski definition) is 3. The van der Waals surface area contributed by atoms with E-state index in [-0.39, 0.29) is 29.3 Å². The third kappa shape index (κ3) is 16.0. The Labute approximate surface area is 458 Å². The van der Waals surface area contributed by atoms with E-state index >= 15 is 0 Å². The zero-order chi connectivity index (χ0) is 58.1. The number of carbonyl (C=O) groups is 6. The van der Waals surface area contributed by atoms with Gasteiger partial charge in [-0.25, -0.2) is 32.6 Å². The third-order valence-corrected chi connectivity index (χ3v) is 13.1. The fourth-order valence-electron chi connectivity index (χ4n) is 8.33. The molecule has 3 aliphatic heterocycles. The maximum absolute atomic E-state index is 14.4. The Bertz CT molecular complexity index is 2900. The van der Waals surface area contributed by atoms with E-state index in [4.69, 9.17) is 28.5 Å². The molecule has 5 heterocycles. The van der Waals surface area contributed by atoms with Crippen LogP contribution < -0.4 is 25.4 Å². The minimum atomic E-state index is -5.37. The van der Waals surface area contributed by atoms with E-state index < -0.39 is 91.8 Å². The number of fused-ring (bicyclic) bond motifs is 1. The van der Waals surface area contributed by atoms with Crippen LogP contribution in [0.2, 0.25) is 0 Å². The minimum Gasteiger partial charge on any atom is -0.724 e. The molecule has 0 radical (unpaired) electrons. The van der Waals surface area contributed by atoms with E-state index in [2.05, 4.69) is 39.7 Å². The largest absolute Gasteiger partial charge is 0.724 e. The quantitative estimate of drug-likeness (QED) is 0.0167. The number of aromatic nitrogens is 3. The van der Waals surface area contributed by atoms with Crippen molar-refractivity contribution in [3.63, 3.8) is 0 Å². The Balaban J connectivity index is 1.27. The SMILES string of the molecule is CC(C)(C)OC(=O)NCCCn1cc(-c2ccc3c(c2)CC[C@H](C(C)(O/N=C(\C(=O)N[C@@H]2C(=O)N(OS(=O)(=O)[O-])C2(C)C)c2csc(NC(=O)OC(C)(C)C)n2)C(=O)OC(C)(C)C)O3)c[n+]1CC1CN(C(=O)OC(C)(C)C)C1. The molecule has 3 N–H and O–H groups in total. The molecule has 0 aliphatic carbocycles. The molecule has 0 bridgehead atoms. The molecule has 25 nitrogen and oxygen atoms in total. The van der Waals surface area contributed by atoms with Gasteiger partial charge in [0.1, 0.15) is 39.9 Å². The minimum absolute atomic E-state index is 0.0227. The standard InChI is InChI=1S/C51H73N9O16S2/c1-46(2,3)71-41(63)51(15,75-56-37(34-29-77-42(53-34)55-44(65)73-48(7,8)9)39(61)54-38-40(62)60(50(38,13)14)76-78(67,68)69)36-20-18-32-23-31(17-19-35(32)70-36)33-27-58(22-16-21-52-43(64)72-47(4,5)6)59(28-33)26-30-24-57(25-30)45(66)74-49(10,11)12/h17,19,23,27-30,36,38H,16,18,20-22,24-26H2,1-15H3,(H3-,52,53,54,55,61,64,65,67,68,69)/b56-37-/t36-,38-,51?/m1/s1. The number of amides is 5. The number of aryl methyl sites for hydroxylation is 2. The second kappa shape index (κ2) is 22.6. The van der Waals surface area contributed by atoms with Gasteiger partial charge in [-0.2, -0.15) is 14.0 Å². The van der Waals surface area contributed by atoms with Gasteiger partial charge < -0.3 is 48.6 Å². The molecule has 1 aromatic carbocycles. The number of hydrogen-bond acceptors (Lipinski definition) is 19. The molecule has 2 aromatic heterocycles. The van der Waals surface area contributed by atoms with Gasteiger partial charge in [-0.15, -0.1) is 16.0 Å². The molecule has 1 unspecified atom stereocenters. The normalized spacial score (nSPS) is 18.7. The highest BCUT2D eigenvalue weighted by Gasteiger charge is 2.58. The molecule has 2 fully saturated rings. The number of oxime groups is 1. The van der Waals surface area contributed by atoms with Crippen molar-refractivity contribution in [3.8, 4) is 16.9 Å². The number of benzene rings is 1. The van der Waals surface area contributed by atoms with Crippen LogP contribution in [0, 0.1) is 5.92 Å². The molecule has 27 heteroatoms. The first-order valence-electron chi connectivity index (χ1n) is 25.4. The Morgan fingerprint density at radius 1 is 0.897 bits per heavy atom. The number of alkyl carbamates (subject to hydrolysis) is 1. The van der Waals surface area contributed by atoms with Gasteiger partial charge in [-0.1, -0.05) is 11.2 Å². The van der Waals surface area contributed by atoms with Crippen molar-refractivity contribution in [1.82, 2.24) is 30.3 Å². The van der Waals surface area contributed by atoms with Crippen LogP contribution in [-0.4, -0.2) is 140 Å². The van der Waals surface area contributed by atoms with Crippen LogP contribution in [0.1, 0.15) is 128 Å². The maximum atomic E-state index is 14.4. The van der Waals surface area contributed by atoms with Crippen molar-refractivity contribution < 1.29 is 79.2 Å². The van der Waals surface area contributed by atoms with Gasteiger partial charge in [-0.3, -0.25) is 14.9 Å². The average Bonchev–Trinajstić information content (AvgIpc) is 3.90. The molecule has 2 saturated heterocycles. The van der Waals surface area contributed by atoms with E-state index in [1.54, 1.807) is 73.3 Å². The molecule has 3 atom stereocenters. The van der Waals surface area contributed by atoms with Crippen molar-refractivity contribution in [2.45, 2.75) is 182 Å². The molecule has 6 rings (SSSR count). The van der Waals surface area contributed by atoms with Crippen LogP contribution in [-0.2, 0) is 72.4 Å². The van der Waals surface area contributed by atoms with Gasteiger partial charge in [0.2, 0.25) is 16.6 Å². The summed E-state index contributed by atoms with van der Waals surface area (Å²) in [6, 6.07) is 4.20.